The van der Waals surface area contributed by atoms with Gasteiger partial charge in [-0.25, -0.2) is 0 Å². The molecule has 2 heterocycles. The summed E-state index contributed by atoms with van der Waals surface area (Å²) >= 11 is 0. The Balaban J connectivity index is 2.22. The van der Waals surface area contributed by atoms with Crippen LogP contribution in [0.1, 0.15) is 10.4 Å². The van der Waals surface area contributed by atoms with Gasteiger partial charge in [-0.2, -0.15) is 0 Å². The lowest BCUT2D eigenvalue weighted by atomic mass is 10.3. The Bertz CT molecular complexity index is 500. The molecule has 0 atom stereocenters. The van der Waals surface area contributed by atoms with Gasteiger partial charge in [-0.3, -0.25) is 14.8 Å². The zero-order valence-corrected chi connectivity index (χ0v) is 8.33. The van der Waals surface area contributed by atoms with Gasteiger partial charge in [0.25, 0.3) is 0 Å². The van der Waals surface area contributed by atoms with Gasteiger partial charge in [0.1, 0.15) is 11.5 Å². The van der Waals surface area contributed by atoms with Crippen molar-refractivity contribution in [2.24, 2.45) is 5.73 Å². The van der Waals surface area contributed by atoms with Crippen molar-refractivity contribution in [2.75, 3.05) is 0 Å². The molecule has 5 nitrogen and oxygen atoms in total. The fourth-order valence-corrected chi connectivity index (χ4v) is 1.15. The van der Waals surface area contributed by atoms with E-state index in [0.717, 1.165) is 0 Å². The van der Waals surface area contributed by atoms with Crippen LogP contribution in [0.25, 0.3) is 0 Å². The van der Waals surface area contributed by atoms with E-state index in [1.807, 2.05) is 0 Å². The minimum absolute atomic E-state index is 0.307. The molecule has 2 aromatic rings. The summed E-state index contributed by atoms with van der Waals surface area (Å²) in [4.78, 5) is 18.7. The molecule has 0 aliphatic carbocycles. The summed E-state index contributed by atoms with van der Waals surface area (Å²) in [5.41, 5.74) is 5.44. The molecule has 0 fully saturated rings. The third kappa shape index (κ3) is 2.33. The average molecular weight is 215 g/mol. The van der Waals surface area contributed by atoms with Gasteiger partial charge in [-0.15, -0.1) is 0 Å². The largest absolute Gasteiger partial charge is 0.454 e. The molecule has 0 aliphatic heterocycles. The zero-order chi connectivity index (χ0) is 11.4. The number of hydrogen-bond acceptors (Lipinski definition) is 4. The fraction of sp³-hybridized carbons (Fsp3) is 0. The van der Waals surface area contributed by atoms with Crippen molar-refractivity contribution in [3.05, 3.63) is 48.5 Å². The third-order valence-electron chi connectivity index (χ3n) is 1.87. The summed E-state index contributed by atoms with van der Waals surface area (Å²) in [5.74, 6) is 0.486. The predicted molar refractivity (Wildman–Crippen MR) is 57.1 cm³/mol. The first-order valence-corrected chi connectivity index (χ1v) is 4.58. The summed E-state index contributed by atoms with van der Waals surface area (Å²) in [6.45, 7) is 0. The summed E-state index contributed by atoms with van der Waals surface area (Å²) < 4.78 is 5.44. The summed E-state index contributed by atoms with van der Waals surface area (Å²) in [6.07, 6.45) is 6.10. The predicted octanol–water partition coefficient (Wildman–Crippen LogP) is 1.37. The Kier molecular flexibility index (Phi) is 2.77. The lowest BCUT2D eigenvalue weighted by Crippen LogP contribution is -2.11. The van der Waals surface area contributed by atoms with Gasteiger partial charge in [0, 0.05) is 12.4 Å². The van der Waals surface area contributed by atoms with Gasteiger partial charge >= 0.3 is 0 Å². The molecule has 0 spiro atoms. The van der Waals surface area contributed by atoms with Gasteiger partial charge < -0.3 is 10.5 Å². The lowest BCUT2D eigenvalue weighted by Gasteiger charge is -2.04. The Morgan fingerprint density at radius 2 is 2.00 bits per heavy atom. The van der Waals surface area contributed by atoms with Crippen molar-refractivity contribution in [2.45, 2.75) is 0 Å². The van der Waals surface area contributed by atoms with E-state index in [4.69, 9.17) is 10.5 Å². The number of aromatic nitrogens is 2. The number of pyridine rings is 2. The van der Waals surface area contributed by atoms with Crippen molar-refractivity contribution in [1.82, 2.24) is 9.97 Å². The number of primary amides is 1. The van der Waals surface area contributed by atoms with Crippen LogP contribution in [0.2, 0.25) is 0 Å². The van der Waals surface area contributed by atoms with Crippen molar-refractivity contribution in [3.8, 4) is 11.5 Å². The highest BCUT2D eigenvalue weighted by molar-refractivity contribution is 5.92. The van der Waals surface area contributed by atoms with Crippen LogP contribution in [-0.2, 0) is 0 Å². The number of nitrogens with zero attached hydrogens (tertiary/aromatic N) is 2. The fourth-order valence-electron chi connectivity index (χ4n) is 1.15. The van der Waals surface area contributed by atoms with Gasteiger partial charge in [-0.1, -0.05) is 0 Å². The second-order valence-electron chi connectivity index (χ2n) is 3.06. The number of rotatable bonds is 3. The molecular formula is C11H9N3O2. The van der Waals surface area contributed by atoms with Crippen LogP contribution >= 0.6 is 0 Å². The summed E-state index contributed by atoms with van der Waals surface area (Å²) in [7, 11) is 0. The second-order valence-corrected chi connectivity index (χ2v) is 3.06. The van der Waals surface area contributed by atoms with E-state index in [2.05, 4.69) is 9.97 Å². The summed E-state index contributed by atoms with van der Waals surface area (Å²) in [6, 6.07) is 5.03. The van der Waals surface area contributed by atoms with Crippen molar-refractivity contribution in [1.29, 1.82) is 0 Å². The van der Waals surface area contributed by atoms with Gasteiger partial charge in [0.05, 0.1) is 18.0 Å². The van der Waals surface area contributed by atoms with E-state index in [-0.39, 0.29) is 0 Å². The molecule has 0 saturated heterocycles. The molecule has 2 aromatic heterocycles. The number of carbonyl (C=O) groups excluding carboxylic acids is 1. The normalized spacial score (nSPS) is 9.75. The van der Waals surface area contributed by atoms with Crippen LogP contribution in [0.4, 0.5) is 0 Å². The van der Waals surface area contributed by atoms with Crippen LogP contribution in [0.15, 0.2) is 43.0 Å². The Morgan fingerprint density at radius 3 is 2.69 bits per heavy atom. The minimum Gasteiger partial charge on any atom is -0.454 e. The number of carbonyl (C=O) groups is 1. The van der Waals surface area contributed by atoms with E-state index >= 15 is 0 Å². The third-order valence-corrected chi connectivity index (χ3v) is 1.87. The van der Waals surface area contributed by atoms with E-state index in [9.17, 15) is 4.79 Å². The quantitative estimate of drug-likeness (QED) is 0.838. The van der Waals surface area contributed by atoms with Crippen LogP contribution in [0, 0.1) is 0 Å². The molecule has 0 saturated carbocycles. The molecule has 1 amide bonds. The molecule has 2 rings (SSSR count). The maximum absolute atomic E-state index is 10.9. The van der Waals surface area contributed by atoms with E-state index in [0.29, 0.717) is 17.1 Å². The molecule has 0 aromatic carbocycles. The topological polar surface area (TPSA) is 78.1 Å². The highest BCUT2D eigenvalue weighted by Crippen LogP contribution is 2.19. The Morgan fingerprint density at radius 1 is 1.19 bits per heavy atom. The van der Waals surface area contributed by atoms with E-state index < -0.39 is 5.91 Å². The average Bonchev–Trinajstić information content (AvgIpc) is 2.30. The molecule has 0 bridgehead atoms. The molecule has 2 N–H and O–H groups in total. The Labute approximate surface area is 91.9 Å². The maximum atomic E-state index is 10.9. The first-order chi connectivity index (χ1) is 7.75. The highest BCUT2D eigenvalue weighted by atomic mass is 16.5. The van der Waals surface area contributed by atoms with Gasteiger partial charge in [0.15, 0.2) is 0 Å². The minimum atomic E-state index is -0.538. The standard InChI is InChI=1S/C11H9N3O2/c12-11(15)8-4-10(7-14-5-8)16-9-2-1-3-13-6-9/h1-7H,(H2,12,15). The first kappa shape index (κ1) is 10.1. The lowest BCUT2D eigenvalue weighted by molar-refractivity contribution is 0.0999. The SMILES string of the molecule is NC(=O)c1cncc(Oc2cccnc2)c1. The number of ether oxygens (including phenoxy) is 1. The van der Waals surface area contributed by atoms with Crippen LogP contribution in [0.3, 0.4) is 0 Å². The molecule has 16 heavy (non-hydrogen) atoms. The van der Waals surface area contributed by atoms with E-state index in [1.165, 1.54) is 18.5 Å². The van der Waals surface area contributed by atoms with Crippen LogP contribution in [-0.4, -0.2) is 15.9 Å². The smallest absolute Gasteiger partial charge is 0.250 e. The van der Waals surface area contributed by atoms with Crippen LogP contribution < -0.4 is 10.5 Å². The molecule has 0 unspecified atom stereocenters. The zero-order valence-electron chi connectivity index (χ0n) is 8.33. The highest BCUT2D eigenvalue weighted by Gasteiger charge is 2.03. The molecular weight excluding hydrogens is 206 g/mol. The van der Waals surface area contributed by atoms with Gasteiger partial charge in [-0.05, 0) is 18.2 Å². The second kappa shape index (κ2) is 4.39. The number of nitrogens with two attached hydrogens (primary N) is 1. The van der Waals surface area contributed by atoms with Crippen molar-refractivity contribution >= 4 is 5.91 Å². The first-order valence-electron chi connectivity index (χ1n) is 4.58. The molecule has 80 valence electrons. The maximum Gasteiger partial charge on any atom is 0.250 e. The van der Waals surface area contributed by atoms with Gasteiger partial charge in [0.2, 0.25) is 5.91 Å². The molecule has 5 heteroatoms. The summed E-state index contributed by atoms with van der Waals surface area (Å²) in [5, 5.41) is 0. The van der Waals surface area contributed by atoms with Crippen LogP contribution in [0.5, 0.6) is 11.5 Å². The van der Waals surface area contributed by atoms with E-state index in [1.54, 1.807) is 24.5 Å². The van der Waals surface area contributed by atoms with Crippen molar-refractivity contribution in [3.63, 3.8) is 0 Å². The number of hydrogen-bond donors (Lipinski definition) is 1. The monoisotopic (exact) mass is 215 g/mol. The molecule has 0 aliphatic rings. The molecule has 0 radical (unpaired) electrons. The van der Waals surface area contributed by atoms with Crippen molar-refractivity contribution < 1.29 is 9.53 Å². The Hall–Kier alpha value is -2.43. The number of amides is 1.